The van der Waals surface area contributed by atoms with Gasteiger partial charge < -0.3 is 34.4 Å². The zero-order valence-corrected chi connectivity index (χ0v) is 20.2. The summed E-state index contributed by atoms with van der Waals surface area (Å²) in [6, 6.07) is 5.09. The predicted octanol–water partition coefficient (Wildman–Crippen LogP) is 0.00890. The lowest BCUT2D eigenvalue weighted by molar-refractivity contribution is -0.145. The third kappa shape index (κ3) is 5.77. The molecule has 1 N–H and O–H groups in total. The van der Waals surface area contributed by atoms with Crippen LogP contribution in [0.5, 0.6) is 0 Å². The van der Waals surface area contributed by atoms with Crippen molar-refractivity contribution in [2.45, 2.75) is 19.0 Å². The second kappa shape index (κ2) is 11.2. The normalized spacial score (nSPS) is 19.3. The van der Waals surface area contributed by atoms with Gasteiger partial charge in [-0.05, 0) is 31.2 Å². The average Bonchev–Trinajstić information content (AvgIpc) is 2.87. The SMILES string of the molecule is COC(=O)[C@@H](C)NC(=O)[C@@H]1CN(C(=O)c2ccc(N(C)C)cc2)CCN1C(=O)N1CCOCC1. The van der Waals surface area contributed by atoms with Gasteiger partial charge in [0.2, 0.25) is 5.91 Å². The highest BCUT2D eigenvalue weighted by Crippen LogP contribution is 2.19. The lowest BCUT2D eigenvalue weighted by atomic mass is 10.1. The number of hydrogen-bond donors (Lipinski definition) is 1. The largest absolute Gasteiger partial charge is 0.467 e. The van der Waals surface area contributed by atoms with E-state index in [-0.39, 0.29) is 25.0 Å². The van der Waals surface area contributed by atoms with Crippen LogP contribution in [0.4, 0.5) is 10.5 Å². The Labute approximate surface area is 199 Å². The van der Waals surface area contributed by atoms with Crippen LogP contribution in [0.25, 0.3) is 0 Å². The summed E-state index contributed by atoms with van der Waals surface area (Å²) in [7, 11) is 5.07. The van der Waals surface area contributed by atoms with Gasteiger partial charge in [0, 0.05) is 51.5 Å². The van der Waals surface area contributed by atoms with Crippen molar-refractivity contribution >= 4 is 29.5 Å². The smallest absolute Gasteiger partial charge is 0.328 e. The third-order valence-corrected chi connectivity index (χ3v) is 6.04. The Kier molecular flexibility index (Phi) is 8.32. The van der Waals surface area contributed by atoms with E-state index in [0.29, 0.717) is 38.4 Å². The number of rotatable bonds is 5. The third-order valence-electron chi connectivity index (χ3n) is 6.04. The molecule has 186 valence electrons. The number of nitrogens with one attached hydrogen (secondary N) is 1. The van der Waals surface area contributed by atoms with Crippen LogP contribution in [0.3, 0.4) is 0 Å². The predicted molar refractivity (Wildman–Crippen MR) is 125 cm³/mol. The molecule has 11 heteroatoms. The van der Waals surface area contributed by atoms with Crippen molar-refractivity contribution in [2.24, 2.45) is 0 Å². The Morgan fingerprint density at radius 2 is 1.68 bits per heavy atom. The lowest BCUT2D eigenvalue weighted by Crippen LogP contribution is -2.65. The molecule has 2 aliphatic heterocycles. The number of methoxy groups -OCH3 is 1. The summed E-state index contributed by atoms with van der Waals surface area (Å²) < 4.78 is 10.0. The number of nitrogens with zero attached hydrogens (tertiary/aromatic N) is 4. The van der Waals surface area contributed by atoms with Gasteiger partial charge in [0.15, 0.2) is 0 Å². The van der Waals surface area contributed by atoms with Gasteiger partial charge in [-0.2, -0.15) is 0 Å². The fourth-order valence-corrected chi connectivity index (χ4v) is 3.99. The summed E-state index contributed by atoms with van der Waals surface area (Å²) in [6.45, 7) is 3.75. The van der Waals surface area contributed by atoms with Crippen molar-refractivity contribution in [3.63, 3.8) is 0 Å². The number of amides is 4. The molecule has 0 radical (unpaired) electrons. The molecule has 2 atom stereocenters. The van der Waals surface area contributed by atoms with Gasteiger partial charge in [-0.1, -0.05) is 0 Å². The minimum atomic E-state index is -0.943. The van der Waals surface area contributed by atoms with Crippen LogP contribution in [0.1, 0.15) is 17.3 Å². The van der Waals surface area contributed by atoms with Crippen molar-refractivity contribution in [3.05, 3.63) is 29.8 Å². The Morgan fingerprint density at radius 3 is 2.26 bits per heavy atom. The number of morpholine rings is 1. The lowest BCUT2D eigenvalue weighted by Gasteiger charge is -2.43. The Bertz CT molecular complexity index is 900. The number of hydrogen-bond acceptors (Lipinski definition) is 7. The van der Waals surface area contributed by atoms with Gasteiger partial charge in [0.25, 0.3) is 5.91 Å². The minimum absolute atomic E-state index is 0.0179. The zero-order chi connectivity index (χ0) is 24.8. The van der Waals surface area contributed by atoms with Crippen molar-refractivity contribution < 1.29 is 28.7 Å². The molecule has 1 aromatic carbocycles. The first kappa shape index (κ1) is 25.3. The van der Waals surface area contributed by atoms with Gasteiger partial charge in [-0.25, -0.2) is 9.59 Å². The second-order valence-electron chi connectivity index (χ2n) is 8.54. The molecule has 0 aliphatic carbocycles. The summed E-state index contributed by atoms with van der Waals surface area (Å²) in [5.74, 6) is -1.33. The van der Waals surface area contributed by atoms with E-state index < -0.39 is 24.0 Å². The molecule has 2 fully saturated rings. The number of benzene rings is 1. The molecular weight excluding hydrogens is 442 g/mol. The van der Waals surface area contributed by atoms with Crippen LogP contribution in [0, 0.1) is 0 Å². The number of esters is 1. The molecule has 2 heterocycles. The van der Waals surface area contributed by atoms with Crippen LogP contribution < -0.4 is 10.2 Å². The highest BCUT2D eigenvalue weighted by Gasteiger charge is 2.40. The van der Waals surface area contributed by atoms with Crippen molar-refractivity contribution in [2.75, 3.05) is 72.0 Å². The molecule has 0 spiro atoms. The van der Waals surface area contributed by atoms with Gasteiger partial charge >= 0.3 is 12.0 Å². The Balaban J connectivity index is 1.78. The number of carbonyl (C=O) groups excluding carboxylic acids is 4. The fourth-order valence-electron chi connectivity index (χ4n) is 3.99. The van der Waals surface area contributed by atoms with Crippen LogP contribution in [0.15, 0.2) is 24.3 Å². The van der Waals surface area contributed by atoms with E-state index in [0.717, 1.165) is 5.69 Å². The molecule has 0 unspecified atom stereocenters. The van der Waals surface area contributed by atoms with Crippen molar-refractivity contribution in [3.8, 4) is 0 Å². The quantitative estimate of drug-likeness (QED) is 0.597. The van der Waals surface area contributed by atoms with Gasteiger partial charge in [-0.15, -0.1) is 0 Å². The fraction of sp³-hybridized carbons (Fsp3) is 0.565. The van der Waals surface area contributed by atoms with Gasteiger partial charge in [0.05, 0.1) is 26.9 Å². The van der Waals surface area contributed by atoms with E-state index in [1.807, 2.05) is 31.1 Å². The number of urea groups is 1. The average molecular weight is 476 g/mol. The molecule has 0 aromatic heterocycles. The summed E-state index contributed by atoms with van der Waals surface area (Å²) in [4.78, 5) is 58.0. The molecular formula is C23H33N5O6. The van der Waals surface area contributed by atoms with Crippen molar-refractivity contribution in [1.29, 1.82) is 0 Å². The number of anilines is 1. The molecule has 34 heavy (non-hydrogen) atoms. The van der Waals surface area contributed by atoms with Crippen LogP contribution in [0.2, 0.25) is 0 Å². The first-order valence-corrected chi connectivity index (χ1v) is 11.3. The van der Waals surface area contributed by atoms with Crippen LogP contribution in [-0.2, 0) is 19.1 Å². The summed E-state index contributed by atoms with van der Waals surface area (Å²) >= 11 is 0. The first-order valence-electron chi connectivity index (χ1n) is 11.3. The second-order valence-corrected chi connectivity index (χ2v) is 8.54. The molecule has 1 aromatic rings. The molecule has 0 bridgehead atoms. The van der Waals surface area contributed by atoms with E-state index in [4.69, 9.17) is 4.74 Å². The molecule has 11 nitrogen and oxygen atoms in total. The van der Waals surface area contributed by atoms with Gasteiger partial charge in [-0.3, -0.25) is 9.59 Å². The molecule has 0 saturated carbocycles. The monoisotopic (exact) mass is 475 g/mol. The first-order chi connectivity index (χ1) is 16.2. The highest BCUT2D eigenvalue weighted by atomic mass is 16.5. The highest BCUT2D eigenvalue weighted by molar-refractivity contribution is 5.96. The van der Waals surface area contributed by atoms with Crippen molar-refractivity contribution in [1.82, 2.24) is 20.0 Å². The number of piperazine rings is 1. The Hall–Kier alpha value is -3.34. The summed E-state index contributed by atoms with van der Waals surface area (Å²) in [6.07, 6.45) is 0. The maximum Gasteiger partial charge on any atom is 0.328 e. The number of carbonyl (C=O) groups is 4. The van der Waals surface area contributed by atoms with Crippen LogP contribution in [-0.4, -0.2) is 118 Å². The molecule has 3 rings (SSSR count). The topological polar surface area (TPSA) is 112 Å². The summed E-state index contributed by atoms with van der Waals surface area (Å²) in [5, 5.41) is 2.61. The van der Waals surface area contributed by atoms with E-state index in [1.165, 1.54) is 18.9 Å². The molecule has 2 saturated heterocycles. The molecule has 2 aliphatic rings. The standard InChI is InChI=1S/C23H33N5O6/c1-16(22(31)33-4)24-20(29)19-15-27(21(30)17-5-7-18(8-6-17)25(2)3)9-10-28(19)23(32)26-11-13-34-14-12-26/h5-8,16,19H,9-15H2,1-4H3,(H,24,29)/t16-,19+/m1/s1. The van der Waals surface area contributed by atoms with Crippen LogP contribution >= 0.6 is 0 Å². The Morgan fingerprint density at radius 1 is 1.03 bits per heavy atom. The minimum Gasteiger partial charge on any atom is -0.467 e. The van der Waals surface area contributed by atoms with E-state index in [1.54, 1.807) is 21.9 Å². The van der Waals surface area contributed by atoms with E-state index >= 15 is 0 Å². The zero-order valence-electron chi connectivity index (χ0n) is 20.2. The number of ether oxygens (including phenoxy) is 2. The maximum absolute atomic E-state index is 13.2. The van der Waals surface area contributed by atoms with E-state index in [2.05, 4.69) is 10.1 Å². The maximum atomic E-state index is 13.2. The molecule has 4 amide bonds. The van der Waals surface area contributed by atoms with E-state index in [9.17, 15) is 19.2 Å². The van der Waals surface area contributed by atoms with Gasteiger partial charge in [0.1, 0.15) is 12.1 Å². The summed E-state index contributed by atoms with van der Waals surface area (Å²) in [5.41, 5.74) is 1.46.